The zero-order chi connectivity index (χ0) is 33.8. The summed E-state index contributed by atoms with van der Waals surface area (Å²) in [5, 5.41) is 2.89. The molecule has 264 valence electrons. The van der Waals surface area contributed by atoms with Gasteiger partial charge in [0.25, 0.3) is 0 Å². The van der Waals surface area contributed by atoms with Crippen LogP contribution in [0.4, 0.5) is 4.79 Å². The van der Waals surface area contributed by atoms with Gasteiger partial charge < -0.3 is 52.7 Å². The predicted molar refractivity (Wildman–Crippen MR) is 161 cm³/mol. The summed E-state index contributed by atoms with van der Waals surface area (Å²) in [5.74, 6) is -1.03. The molecule has 0 radical (unpaired) electrons. The molecular formula is C30H55NO14. The van der Waals surface area contributed by atoms with E-state index in [-0.39, 0.29) is 76.8 Å². The molecule has 15 heteroatoms. The molecule has 0 aromatic carbocycles. The van der Waals surface area contributed by atoms with Crippen LogP contribution in [0, 0.1) is 0 Å². The van der Waals surface area contributed by atoms with E-state index in [0.29, 0.717) is 58.9 Å². The molecule has 0 unspecified atom stereocenters. The van der Waals surface area contributed by atoms with Crippen molar-refractivity contribution >= 4 is 24.0 Å². The average molecular weight is 654 g/mol. The summed E-state index contributed by atoms with van der Waals surface area (Å²) in [6, 6.07) is 0. The maximum absolute atomic E-state index is 12.9. The Morgan fingerprint density at radius 3 is 1.09 bits per heavy atom. The van der Waals surface area contributed by atoms with Crippen LogP contribution in [0.2, 0.25) is 0 Å². The summed E-state index contributed by atoms with van der Waals surface area (Å²) in [7, 11) is 3.97. The fourth-order valence-electron chi connectivity index (χ4n) is 3.42. The van der Waals surface area contributed by atoms with E-state index in [2.05, 4.69) is 19.5 Å². The highest BCUT2D eigenvalue weighted by Crippen LogP contribution is 2.14. The SMILES string of the molecule is COC(=O)CCOCCCOCC(COCCCOCCC(=O)OC)(COCCCOCCC(=O)OC)NC(=O)OC(C)(C)C. The Hall–Kier alpha value is -2.56. The van der Waals surface area contributed by atoms with Crippen LogP contribution in [0.3, 0.4) is 0 Å². The number of carbonyl (C=O) groups is 4. The van der Waals surface area contributed by atoms with E-state index in [0.717, 1.165) is 0 Å². The molecule has 0 fully saturated rings. The van der Waals surface area contributed by atoms with Crippen molar-refractivity contribution in [2.24, 2.45) is 0 Å². The van der Waals surface area contributed by atoms with Crippen molar-refractivity contribution in [3.63, 3.8) is 0 Å². The van der Waals surface area contributed by atoms with E-state index in [1.54, 1.807) is 20.8 Å². The van der Waals surface area contributed by atoms with Crippen molar-refractivity contribution in [1.29, 1.82) is 0 Å². The highest BCUT2D eigenvalue weighted by atomic mass is 16.6. The van der Waals surface area contributed by atoms with Crippen molar-refractivity contribution in [1.82, 2.24) is 5.32 Å². The van der Waals surface area contributed by atoms with Gasteiger partial charge in [0.1, 0.15) is 11.1 Å². The van der Waals surface area contributed by atoms with Crippen LogP contribution < -0.4 is 5.32 Å². The smallest absolute Gasteiger partial charge is 0.408 e. The third kappa shape index (κ3) is 26.4. The predicted octanol–water partition coefficient (Wildman–Crippen LogP) is 2.21. The van der Waals surface area contributed by atoms with Gasteiger partial charge in [-0.15, -0.1) is 0 Å². The summed E-state index contributed by atoms with van der Waals surface area (Å²) in [4.78, 5) is 46.5. The van der Waals surface area contributed by atoms with Crippen LogP contribution in [-0.4, -0.2) is 136 Å². The molecule has 0 atom stereocenters. The average Bonchev–Trinajstić information content (AvgIpc) is 2.99. The molecule has 0 aromatic heterocycles. The lowest BCUT2D eigenvalue weighted by Crippen LogP contribution is -2.59. The molecule has 0 saturated heterocycles. The van der Waals surface area contributed by atoms with Crippen LogP contribution in [0.1, 0.15) is 59.3 Å². The Morgan fingerprint density at radius 2 is 0.800 bits per heavy atom. The van der Waals surface area contributed by atoms with E-state index in [1.165, 1.54) is 21.3 Å². The van der Waals surface area contributed by atoms with Gasteiger partial charge in [-0.1, -0.05) is 0 Å². The summed E-state index contributed by atoms with van der Waals surface area (Å²) in [5.41, 5.74) is -1.82. The highest BCUT2D eigenvalue weighted by Gasteiger charge is 2.35. The first kappa shape index (κ1) is 42.4. The Balaban J connectivity index is 5.09. The Bertz CT molecular complexity index is 723. The number of rotatable bonds is 28. The van der Waals surface area contributed by atoms with Gasteiger partial charge in [-0.3, -0.25) is 14.4 Å². The molecule has 0 heterocycles. The monoisotopic (exact) mass is 653 g/mol. The van der Waals surface area contributed by atoms with Crippen molar-refractivity contribution in [2.75, 3.05) is 101 Å². The van der Waals surface area contributed by atoms with Crippen LogP contribution >= 0.6 is 0 Å². The highest BCUT2D eigenvalue weighted by molar-refractivity contribution is 5.70. The number of methoxy groups -OCH3 is 3. The molecule has 0 spiro atoms. The van der Waals surface area contributed by atoms with Gasteiger partial charge in [0, 0.05) is 39.6 Å². The number of amides is 1. The molecule has 0 bridgehead atoms. The van der Waals surface area contributed by atoms with Crippen molar-refractivity contribution in [3.05, 3.63) is 0 Å². The minimum atomic E-state index is -1.09. The summed E-state index contributed by atoms with van der Waals surface area (Å²) < 4.78 is 53.4. The van der Waals surface area contributed by atoms with Gasteiger partial charge in [0.2, 0.25) is 0 Å². The number of carbonyl (C=O) groups excluding carboxylic acids is 4. The van der Waals surface area contributed by atoms with E-state index < -0.39 is 17.2 Å². The summed E-state index contributed by atoms with van der Waals surface area (Å²) in [6.45, 7) is 8.28. The molecular weight excluding hydrogens is 598 g/mol. The standard InChI is InChI=1S/C30H55NO14/c1-29(2,3)45-28(35)31-30(22-42-16-7-13-39-19-10-25(32)36-4,23-43-17-8-14-40-20-11-26(33)37-5)24-44-18-9-15-41-21-12-27(34)38-6/h7-24H2,1-6H3,(H,31,35). The minimum Gasteiger partial charge on any atom is -0.469 e. The third-order valence-electron chi connectivity index (χ3n) is 5.67. The molecule has 1 N–H and O–H groups in total. The molecule has 45 heavy (non-hydrogen) atoms. The Labute approximate surface area is 267 Å². The molecule has 1 amide bonds. The fraction of sp³-hybridized carbons (Fsp3) is 0.867. The largest absolute Gasteiger partial charge is 0.469 e. The maximum atomic E-state index is 12.9. The van der Waals surface area contributed by atoms with E-state index >= 15 is 0 Å². The number of alkyl carbamates (subject to hydrolysis) is 1. The maximum Gasteiger partial charge on any atom is 0.408 e. The first-order valence-electron chi connectivity index (χ1n) is 15.1. The van der Waals surface area contributed by atoms with Crippen molar-refractivity contribution in [2.45, 2.75) is 70.4 Å². The van der Waals surface area contributed by atoms with Gasteiger partial charge in [-0.2, -0.15) is 0 Å². The van der Waals surface area contributed by atoms with Crippen molar-refractivity contribution in [3.8, 4) is 0 Å². The first-order valence-corrected chi connectivity index (χ1v) is 15.1. The summed E-state index contributed by atoms with van der Waals surface area (Å²) >= 11 is 0. The number of nitrogens with one attached hydrogen (secondary N) is 1. The zero-order valence-corrected chi connectivity index (χ0v) is 27.9. The zero-order valence-electron chi connectivity index (χ0n) is 27.9. The Morgan fingerprint density at radius 1 is 0.489 bits per heavy atom. The van der Waals surface area contributed by atoms with E-state index in [1.807, 2.05) is 0 Å². The second-order valence-electron chi connectivity index (χ2n) is 10.9. The first-order chi connectivity index (χ1) is 21.5. The van der Waals surface area contributed by atoms with Crippen LogP contribution in [-0.2, 0) is 61.8 Å². The fourth-order valence-corrected chi connectivity index (χ4v) is 3.42. The van der Waals surface area contributed by atoms with E-state index in [9.17, 15) is 19.2 Å². The number of esters is 3. The molecule has 0 saturated carbocycles. The van der Waals surface area contributed by atoms with Crippen LogP contribution in [0.15, 0.2) is 0 Å². The second kappa shape index (κ2) is 26.6. The number of hydrogen-bond donors (Lipinski definition) is 1. The lowest BCUT2D eigenvalue weighted by Gasteiger charge is -2.35. The minimum absolute atomic E-state index is 0.0552. The normalized spacial score (nSPS) is 11.6. The molecule has 0 aliphatic rings. The van der Waals surface area contributed by atoms with Gasteiger partial charge in [-0.25, -0.2) is 4.79 Å². The van der Waals surface area contributed by atoms with Crippen LogP contribution in [0.25, 0.3) is 0 Å². The topological polar surface area (TPSA) is 173 Å². The van der Waals surface area contributed by atoms with Crippen LogP contribution in [0.5, 0.6) is 0 Å². The molecule has 0 aromatic rings. The van der Waals surface area contributed by atoms with E-state index in [4.69, 9.17) is 33.2 Å². The summed E-state index contributed by atoms with van der Waals surface area (Å²) in [6.07, 6.45) is 1.51. The van der Waals surface area contributed by atoms with Gasteiger partial charge in [0.05, 0.1) is 80.2 Å². The van der Waals surface area contributed by atoms with Gasteiger partial charge in [0.15, 0.2) is 0 Å². The molecule has 0 aliphatic carbocycles. The number of ether oxygens (including phenoxy) is 10. The number of hydrogen-bond acceptors (Lipinski definition) is 14. The quantitative estimate of drug-likeness (QED) is 0.0740. The molecule has 15 nitrogen and oxygen atoms in total. The molecule has 0 rings (SSSR count). The molecule has 0 aliphatic heterocycles. The Kier molecular flexibility index (Phi) is 25.1. The van der Waals surface area contributed by atoms with Gasteiger partial charge >= 0.3 is 24.0 Å². The van der Waals surface area contributed by atoms with Gasteiger partial charge in [-0.05, 0) is 40.0 Å². The second-order valence-corrected chi connectivity index (χ2v) is 10.9. The lowest BCUT2D eigenvalue weighted by molar-refractivity contribution is -0.142. The van der Waals surface area contributed by atoms with Crippen molar-refractivity contribution < 1.29 is 66.5 Å². The third-order valence-corrected chi connectivity index (χ3v) is 5.67. The lowest BCUT2D eigenvalue weighted by atomic mass is 10.0.